The summed E-state index contributed by atoms with van der Waals surface area (Å²) in [6.45, 7) is 1.31. The number of anilines is 1. The molecule has 0 radical (unpaired) electrons. The topological polar surface area (TPSA) is 114 Å². The summed E-state index contributed by atoms with van der Waals surface area (Å²) in [7, 11) is 1.73. The third-order valence-electron chi connectivity index (χ3n) is 5.14. The molecule has 4 aromatic rings. The minimum absolute atomic E-state index is 0.0179. The first kappa shape index (κ1) is 20.2. The Morgan fingerprint density at radius 3 is 2.81 bits per heavy atom. The van der Waals surface area contributed by atoms with E-state index < -0.39 is 17.8 Å². The molecule has 0 bridgehead atoms. The fourth-order valence-electron chi connectivity index (χ4n) is 3.62. The zero-order valence-electron chi connectivity index (χ0n) is 16.8. The molecule has 0 aliphatic carbocycles. The van der Waals surface area contributed by atoms with Gasteiger partial charge in [-0.1, -0.05) is 6.07 Å². The maximum Gasteiger partial charge on any atom is 0.418 e. The van der Waals surface area contributed by atoms with Gasteiger partial charge in [0, 0.05) is 38.3 Å². The first-order valence-corrected chi connectivity index (χ1v) is 9.82. The van der Waals surface area contributed by atoms with Crippen LogP contribution in [0.3, 0.4) is 0 Å². The summed E-state index contributed by atoms with van der Waals surface area (Å²) in [6.07, 6.45) is -1.36. The predicted molar refractivity (Wildman–Crippen MR) is 109 cm³/mol. The summed E-state index contributed by atoms with van der Waals surface area (Å²) in [5.74, 6) is -0.0336. The van der Waals surface area contributed by atoms with Crippen LogP contribution in [0.15, 0.2) is 30.6 Å². The Kier molecular flexibility index (Phi) is 4.69. The zero-order valence-corrected chi connectivity index (χ0v) is 16.8. The zero-order chi connectivity index (χ0) is 22.5. The quantitative estimate of drug-likeness (QED) is 0.434. The number of aromatic nitrogens is 6. The Morgan fingerprint density at radius 1 is 1.22 bits per heavy atom. The fourth-order valence-corrected chi connectivity index (χ4v) is 3.62. The predicted octanol–water partition coefficient (Wildman–Crippen LogP) is 1.20. The van der Waals surface area contributed by atoms with Crippen LogP contribution in [0.5, 0.6) is 0 Å². The molecule has 1 atom stereocenters. The van der Waals surface area contributed by atoms with Gasteiger partial charge in [0.1, 0.15) is 6.04 Å². The Morgan fingerprint density at radius 2 is 2.06 bits per heavy atom. The van der Waals surface area contributed by atoms with Gasteiger partial charge in [-0.05, 0) is 12.1 Å². The normalized spacial score (nSPS) is 17.5. The third-order valence-corrected chi connectivity index (χ3v) is 5.14. The number of carbonyl (C=O) groups is 1. The molecule has 0 unspecified atom stereocenters. The molecule has 0 saturated carbocycles. The lowest BCUT2D eigenvalue weighted by atomic mass is 10.1. The van der Waals surface area contributed by atoms with Gasteiger partial charge in [0.25, 0.3) is 0 Å². The van der Waals surface area contributed by atoms with Gasteiger partial charge in [-0.25, -0.2) is 9.97 Å². The number of rotatable bonds is 3. The fraction of sp³-hybridized carbons (Fsp3) is 0.316. The molecular formula is C19H18F3N9O. The van der Waals surface area contributed by atoms with Crippen molar-refractivity contribution in [1.82, 2.24) is 40.0 Å². The highest BCUT2D eigenvalue weighted by atomic mass is 19.4. The van der Waals surface area contributed by atoms with Gasteiger partial charge in [0.2, 0.25) is 11.9 Å². The van der Waals surface area contributed by atoms with Crippen molar-refractivity contribution in [2.45, 2.75) is 12.2 Å². The van der Waals surface area contributed by atoms with Crippen molar-refractivity contribution in [3.05, 3.63) is 36.2 Å². The third kappa shape index (κ3) is 3.49. The van der Waals surface area contributed by atoms with Gasteiger partial charge in [0.05, 0.1) is 22.8 Å². The van der Waals surface area contributed by atoms with Crippen molar-refractivity contribution in [2.24, 2.45) is 7.05 Å². The molecule has 4 heterocycles. The van der Waals surface area contributed by atoms with Crippen molar-refractivity contribution in [3.8, 4) is 11.4 Å². The molecule has 10 nitrogen and oxygen atoms in total. The van der Waals surface area contributed by atoms with Crippen molar-refractivity contribution in [3.63, 3.8) is 0 Å². The first-order chi connectivity index (χ1) is 15.3. The number of fused-ring (bicyclic) bond motifs is 3. The van der Waals surface area contributed by atoms with Gasteiger partial charge in [-0.2, -0.15) is 22.8 Å². The molecule has 1 fully saturated rings. The monoisotopic (exact) mass is 445 g/mol. The minimum Gasteiger partial charge on any atom is -0.353 e. The molecule has 1 aliphatic rings. The molecule has 13 heteroatoms. The number of nitrogens with one attached hydrogen (secondary N) is 3. The molecule has 166 valence electrons. The van der Waals surface area contributed by atoms with E-state index >= 15 is 0 Å². The standard InChI is InChI=1S/C19H18F3N9O/c1-30-9-10(7-25-30)15-28-16-11-3-2-4-12(19(20,21)22)14(11)27-18(31(16)29-15)26-13-8-23-5-6-24-17(13)32/h2-4,7,9,13,23H,5-6,8H2,1H3,(H,24,32)(H,26,27)/t13-/m1/s1. The molecule has 5 rings (SSSR count). The van der Waals surface area contributed by atoms with Gasteiger partial charge in [-0.15, -0.1) is 5.10 Å². The highest BCUT2D eigenvalue weighted by molar-refractivity contribution is 5.95. The second kappa shape index (κ2) is 7.44. The highest BCUT2D eigenvalue weighted by Gasteiger charge is 2.34. The summed E-state index contributed by atoms with van der Waals surface area (Å²) in [5, 5.41) is 17.5. The maximum atomic E-state index is 13.7. The molecular weight excluding hydrogens is 427 g/mol. The Hall–Kier alpha value is -3.74. The second-order valence-electron chi connectivity index (χ2n) is 7.40. The summed E-state index contributed by atoms with van der Waals surface area (Å²) < 4.78 is 44.0. The molecule has 3 N–H and O–H groups in total. The number of amides is 1. The number of hydrogen-bond donors (Lipinski definition) is 3. The highest BCUT2D eigenvalue weighted by Crippen LogP contribution is 2.36. The lowest BCUT2D eigenvalue weighted by Gasteiger charge is -2.17. The van der Waals surface area contributed by atoms with E-state index in [1.165, 1.54) is 16.6 Å². The smallest absolute Gasteiger partial charge is 0.353 e. The number of carbonyl (C=O) groups excluding carboxylic acids is 1. The van der Waals surface area contributed by atoms with Crippen molar-refractivity contribution in [2.75, 3.05) is 25.0 Å². The van der Waals surface area contributed by atoms with E-state index in [1.54, 1.807) is 24.1 Å². The Labute approximate surface area is 178 Å². The molecule has 3 aromatic heterocycles. The summed E-state index contributed by atoms with van der Waals surface area (Å²) in [5.41, 5.74) is -0.391. The van der Waals surface area contributed by atoms with Crippen LogP contribution in [0.25, 0.3) is 27.9 Å². The van der Waals surface area contributed by atoms with Crippen LogP contribution in [-0.2, 0) is 18.0 Å². The first-order valence-electron chi connectivity index (χ1n) is 9.82. The maximum absolute atomic E-state index is 13.7. The van der Waals surface area contributed by atoms with E-state index in [2.05, 4.69) is 36.1 Å². The van der Waals surface area contributed by atoms with Crippen LogP contribution in [0.1, 0.15) is 5.56 Å². The summed E-state index contributed by atoms with van der Waals surface area (Å²) >= 11 is 0. The lowest BCUT2D eigenvalue weighted by molar-refractivity contribution is -0.136. The molecule has 0 spiro atoms. The van der Waals surface area contributed by atoms with Crippen LogP contribution in [-0.4, -0.2) is 60.9 Å². The lowest BCUT2D eigenvalue weighted by Crippen LogP contribution is -2.42. The van der Waals surface area contributed by atoms with Crippen LogP contribution in [0.4, 0.5) is 19.1 Å². The van der Waals surface area contributed by atoms with Crippen LogP contribution in [0.2, 0.25) is 0 Å². The number of alkyl halides is 3. The Bertz CT molecular complexity index is 1330. The number of para-hydroxylation sites is 1. The average molecular weight is 445 g/mol. The van der Waals surface area contributed by atoms with Crippen LogP contribution in [0, 0.1) is 0 Å². The van der Waals surface area contributed by atoms with Crippen molar-refractivity contribution >= 4 is 28.4 Å². The number of halogens is 3. The van der Waals surface area contributed by atoms with Crippen LogP contribution >= 0.6 is 0 Å². The molecule has 1 amide bonds. The number of hydrogen-bond acceptors (Lipinski definition) is 7. The van der Waals surface area contributed by atoms with Gasteiger partial charge in [-0.3, -0.25) is 9.48 Å². The van der Waals surface area contributed by atoms with E-state index in [9.17, 15) is 18.0 Å². The largest absolute Gasteiger partial charge is 0.418 e. The molecule has 32 heavy (non-hydrogen) atoms. The second-order valence-corrected chi connectivity index (χ2v) is 7.40. The SMILES string of the molecule is Cn1cc(-c2nc3c4cccc(C(F)(F)F)c4nc(N[C@@H]4CNCCNC4=O)n3n2)cn1. The minimum atomic E-state index is -4.62. The van der Waals surface area contributed by atoms with Crippen molar-refractivity contribution < 1.29 is 18.0 Å². The summed E-state index contributed by atoms with van der Waals surface area (Å²) in [6, 6.07) is 3.03. The van der Waals surface area contributed by atoms with E-state index in [4.69, 9.17) is 0 Å². The van der Waals surface area contributed by atoms with Crippen molar-refractivity contribution in [1.29, 1.82) is 0 Å². The molecule has 1 aromatic carbocycles. The van der Waals surface area contributed by atoms with Gasteiger partial charge in [0.15, 0.2) is 11.5 Å². The van der Waals surface area contributed by atoms with E-state index in [0.717, 1.165) is 6.07 Å². The van der Waals surface area contributed by atoms with Gasteiger partial charge >= 0.3 is 6.18 Å². The molecule has 1 saturated heterocycles. The molecule has 1 aliphatic heterocycles. The van der Waals surface area contributed by atoms with E-state index in [-0.39, 0.29) is 40.8 Å². The van der Waals surface area contributed by atoms with E-state index in [0.29, 0.717) is 18.7 Å². The Balaban J connectivity index is 1.74. The van der Waals surface area contributed by atoms with Crippen LogP contribution < -0.4 is 16.0 Å². The number of benzene rings is 1. The number of nitrogens with zero attached hydrogens (tertiary/aromatic N) is 6. The van der Waals surface area contributed by atoms with E-state index in [1.807, 2.05) is 0 Å². The van der Waals surface area contributed by atoms with Gasteiger partial charge < -0.3 is 16.0 Å². The number of aryl methyl sites for hydroxylation is 1. The summed E-state index contributed by atoms with van der Waals surface area (Å²) in [4.78, 5) is 21.1. The average Bonchev–Trinajstić information content (AvgIpc) is 3.33.